The average molecular weight is 453 g/mol. The molecule has 0 saturated carbocycles. The van der Waals surface area contributed by atoms with Gasteiger partial charge in [-0.05, 0) is 55.3 Å². The van der Waals surface area contributed by atoms with Crippen molar-refractivity contribution in [2.24, 2.45) is 5.92 Å². The van der Waals surface area contributed by atoms with Gasteiger partial charge in [0.2, 0.25) is 15.9 Å². The van der Waals surface area contributed by atoms with E-state index >= 15 is 0 Å². The summed E-state index contributed by atoms with van der Waals surface area (Å²) >= 11 is 1.55. The number of benzene rings is 2. The molecule has 1 aliphatic heterocycles. The van der Waals surface area contributed by atoms with Gasteiger partial charge in [-0.15, -0.1) is 11.3 Å². The Labute approximate surface area is 183 Å². The van der Waals surface area contributed by atoms with Gasteiger partial charge in [-0.2, -0.15) is 4.31 Å². The van der Waals surface area contributed by atoms with E-state index in [-0.39, 0.29) is 16.7 Å². The van der Waals surface area contributed by atoms with Crippen molar-refractivity contribution in [3.8, 4) is 0 Å². The lowest BCUT2D eigenvalue weighted by molar-refractivity contribution is -0.120. The summed E-state index contributed by atoms with van der Waals surface area (Å²) in [7, 11) is -3.61. The molecule has 1 saturated heterocycles. The highest BCUT2D eigenvalue weighted by atomic mass is 32.2. The molecular weight excluding hydrogens is 432 g/mol. The minimum absolute atomic E-state index is 0.0802. The number of piperidine rings is 1. The lowest BCUT2D eigenvalue weighted by Crippen LogP contribution is -2.41. The van der Waals surface area contributed by atoms with Crippen molar-refractivity contribution in [1.82, 2.24) is 14.3 Å². The Morgan fingerprint density at radius 3 is 2.71 bits per heavy atom. The van der Waals surface area contributed by atoms with E-state index in [4.69, 9.17) is 0 Å². The van der Waals surface area contributed by atoms with E-state index < -0.39 is 10.0 Å². The van der Waals surface area contributed by atoms with E-state index in [1.54, 1.807) is 47.3 Å². The zero-order valence-electron chi connectivity index (χ0n) is 16.6. The molecular formula is C22H20N4O3S2. The summed E-state index contributed by atoms with van der Waals surface area (Å²) in [6, 6.07) is 14.3. The number of amides is 1. The topological polar surface area (TPSA) is 92.3 Å². The largest absolute Gasteiger partial charge is 0.326 e. The number of sulfonamides is 1. The maximum absolute atomic E-state index is 13.1. The number of hydrogen-bond donors (Lipinski definition) is 1. The highest BCUT2D eigenvalue weighted by molar-refractivity contribution is 7.89. The zero-order chi connectivity index (χ0) is 21.4. The van der Waals surface area contributed by atoms with Crippen LogP contribution in [-0.4, -0.2) is 41.7 Å². The first-order chi connectivity index (χ1) is 15.0. The first-order valence-corrected chi connectivity index (χ1v) is 12.3. The summed E-state index contributed by atoms with van der Waals surface area (Å²) in [5.41, 5.74) is 4.10. The van der Waals surface area contributed by atoms with Crippen LogP contribution in [0, 0.1) is 5.92 Å². The van der Waals surface area contributed by atoms with Crippen molar-refractivity contribution in [2.45, 2.75) is 17.7 Å². The van der Waals surface area contributed by atoms with E-state index in [0.29, 0.717) is 31.6 Å². The second kappa shape index (κ2) is 7.99. The van der Waals surface area contributed by atoms with Gasteiger partial charge >= 0.3 is 0 Å². The third-order valence-corrected chi connectivity index (χ3v) is 8.34. The predicted molar refractivity (Wildman–Crippen MR) is 121 cm³/mol. The van der Waals surface area contributed by atoms with Gasteiger partial charge < -0.3 is 5.32 Å². The van der Waals surface area contributed by atoms with Crippen LogP contribution in [0.3, 0.4) is 0 Å². The number of fused-ring (bicyclic) bond motifs is 2. The Balaban J connectivity index is 1.25. The van der Waals surface area contributed by atoms with Gasteiger partial charge in [0.1, 0.15) is 0 Å². The number of aromatic nitrogens is 2. The number of pyridine rings is 1. The molecule has 4 aromatic rings. The maximum Gasteiger partial charge on any atom is 0.243 e. The van der Waals surface area contributed by atoms with Crippen molar-refractivity contribution in [2.75, 3.05) is 18.4 Å². The van der Waals surface area contributed by atoms with Crippen molar-refractivity contribution in [3.63, 3.8) is 0 Å². The summed E-state index contributed by atoms with van der Waals surface area (Å²) in [4.78, 5) is 21.5. The van der Waals surface area contributed by atoms with Crippen molar-refractivity contribution in [3.05, 3.63) is 60.2 Å². The molecule has 5 rings (SSSR count). The van der Waals surface area contributed by atoms with E-state index in [0.717, 1.165) is 21.1 Å². The first-order valence-electron chi connectivity index (χ1n) is 10.00. The van der Waals surface area contributed by atoms with Crippen LogP contribution in [0.1, 0.15) is 12.8 Å². The van der Waals surface area contributed by atoms with Gasteiger partial charge in [-0.3, -0.25) is 9.78 Å². The minimum atomic E-state index is -3.61. The Hall–Kier alpha value is -2.88. The predicted octanol–water partition coefficient (Wildman–Crippen LogP) is 3.88. The van der Waals surface area contributed by atoms with E-state index in [1.165, 1.54) is 4.31 Å². The molecule has 1 N–H and O–H groups in total. The van der Waals surface area contributed by atoms with Crippen LogP contribution >= 0.6 is 11.3 Å². The van der Waals surface area contributed by atoms with Gasteiger partial charge in [0.25, 0.3) is 0 Å². The van der Waals surface area contributed by atoms with Crippen LogP contribution in [0.25, 0.3) is 21.1 Å². The number of anilines is 1. The Morgan fingerprint density at radius 1 is 1.03 bits per heavy atom. The molecule has 2 aromatic carbocycles. The monoisotopic (exact) mass is 452 g/mol. The van der Waals surface area contributed by atoms with Crippen LogP contribution in [0.2, 0.25) is 0 Å². The van der Waals surface area contributed by atoms with Crippen molar-refractivity contribution in [1.29, 1.82) is 0 Å². The highest BCUT2D eigenvalue weighted by Gasteiger charge is 2.32. The molecule has 7 nitrogen and oxygen atoms in total. The first kappa shape index (κ1) is 20.0. The molecule has 0 spiro atoms. The van der Waals surface area contributed by atoms with Crippen LogP contribution in [0.5, 0.6) is 0 Å². The fraction of sp³-hybridized carbons (Fsp3) is 0.227. The normalized spacial score (nSPS) is 16.0. The Morgan fingerprint density at radius 2 is 1.87 bits per heavy atom. The van der Waals surface area contributed by atoms with Crippen molar-refractivity contribution >= 4 is 54.1 Å². The van der Waals surface area contributed by atoms with Crippen molar-refractivity contribution < 1.29 is 13.2 Å². The lowest BCUT2D eigenvalue weighted by atomic mass is 9.97. The number of nitrogens with zero attached hydrogens (tertiary/aromatic N) is 3. The molecule has 0 bridgehead atoms. The second-order valence-electron chi connectivity index (χ2n) is 7.56. The average Bonchev–Trinajstić information content (AvgIpc) is 3.27. The van der Waals surface area contributed by atoms with E-state index in [1.807, 2.05) is 24.3 Å². The quantitative estimate of drug-likeness (QED) is 0.507. The number of nitrogens with one attached hydrogen (secondary N) is 1. The van der Waals surface area contributed by atoms with E-state index in [9.17, 15) is 13.2 Å². The summed E-state index contributed by atoms with van der Waals surface area (Å²) in [6.45, 7) is 0.632. The smallest absolute Gasteiger partial charge is 0.243 e. The summed E-state index contributed by atoms with van der Waals surface area (Å²) in [5.74, 6) is -0.304. The van der Waals surface area contributed by atoms with Gasteiger partial charge in [-0.1, -0.05) is 6.07 Å². The number of carbonyl (C=O) groups excluding carboxylic acids is 1. The molecule has 31 heavy (non-hydrogen) atoms. The summed E-state index contributed by atoms with van der Waals surface area (Å²) < 4.78 is 28.7. The number of rotatable bonds is 4. The van der Waals surface area contributed by atoms with Gasteiger partial charge in [-0.25, -0.2) is 13.4 Å². The summed E-state index contributed by atoms with van der Waals surface area (Å²) in [6.07, 6.45) is 2.65. The molecule has 0 unspecified atom stereocenters. The maximum atomic E-state index is 13.1. The molecule has 1 amide bonds. The molecule has 1 fully saturated rings. The lowest BCUT2D eigenvalue weighted by Gasteiger charge is -2.30. The number of carbonyl (C=O) groups is 1. The van der Waals surface area contributed by atoms with Crippen LogP contribution < -0.4 is 5.32 Å². The number of thiazole rings is 1. The Kier molecular flexibility index (Phi) is 5.17. The molecule has 0 atom stereocenters. The van der Waals surface area contributed by atoms with Crippen LogP contribution in [-0.2, 0) is 14.8 Å². The van der Waals surface area contributed by atoms with Gasteiger partial charge in [0.15, 0.2) is 0 Å². The highest BCUT2D eigenvalue weighted by Crippen LogP contribution is 2.27. The SMILES string of the molecule is O=C(Nc1ccc2scnc2c1)C1CCN(S(=O)(=O)c2ccc3ncccc3c2)CC1. The molecule has 0 aliphatic carbocycles. The van der Waals surface area contributed by atoms with Gasteiger partial charge in [0.05, 0.1) is 26.1 Å². The zero-order valence-corrected chi connectivity index (χ0v) is 18.2. The van der Waals surface area contributed by atoms with Crippen LogP contribution in [0.15, 0.2) is 65.1 Å². The fourth-order valence-corrected chi connectivity index (χ4v) is 6.07. The summed E-state index contributed by atoms with van der Waals surface area (Å²) in [5, 5.41) is 3.74. The standard InChI is InChI=1S/C22H20N4O3S2/c27-22(25-17-3-6-21-20(13-17)24-14-30-21)15-7-10-26(11-8-15)31(28,29)18-4-5-19-16(12-18)2-1-9-23-19/h1-6,9,12-15H,7-8,10-11H2,(H,25,27). The third kappa shape index (κ3) is 3.91. The fourth-order valence-electron chi connectivity index (χ4n) is 3.90. The molecule has 3 heterocycles. The molecule has 0 radical (unpaired) electrons. The van der Waals surface area contributed by atoms with Gasteiger partial charge in [0, 0.05) is 36.3 Å². The Bertz CT molecular complexity index is 1380. The molecule has 1 aliphatic rings. The third-order valence-electron chi connectivity index (χ3n) is 5.63. The van der Waals surface area contributed by atoms with Crippen LogP contribution in [0.4, 0.5) is 5.69 Å². The second-order valence-corrected chi connectivity index (χ2v) is 10.4. The number of hydrogen-bond acceptors (Lipinski definition) is 6. The molecule has 2 aromatic heterocycles. The van der Waals surface area contributed by atoms with E-state index in [2.05, 4.69) is 15.3 Å². The molecule has 158 valence electrons. The molecule has 9 heteroatoms. The minimum Gasteiger partial charge on any atom is -0.326 e.